The van der Waals surface area contributed by atoms with Gasteiger partial charge >= 0.3 is 0 Å². The third kappa shape index (κ3) is 6.48. The monoisotopic (exact) mass is 602 g/mol. The molecule has 3 aromatic heterocycles. The van der Waals surface area contributed by atoms with E-state index in [4.69, 9.17) is 14.8 Å². The van der Waals surface area contributed by atoms with Gasteiger partial charge in [-0.3, -0.25) is 14.7 Å². The van der Waals surface area contributed by atoms with Crippen molar-refractivity contribution < 1.29 is 4.74 Å². The van der Waals surface area contributed by atoms with Crippen LogP contribution < -0.4 is 10.5 Å². The van der Waals surface area contributed by atoms with Crippen LogP contribution in [0.1, 0.15) is 134 Å². The van der Waals surface area contributed by atoms with Crippen molar-refractivity contribution in [2.75, 3.05) is 24.6 Å². The summed E-state index contributed by atoms with van der Waals surface area (Å²) in [5.74, 6) is 0.609. The van der Waals surface area contributed by atoms with Gasteiger partial charge in [-0.15, -0.1) is 0 Å². The molecule has 0 N–H and O–H groups in total. The molecule has 2 aliphatic heterocycles. The summed E-state index contributed by atoms with van der Waals surface area (Å²) in [6.45, 7) is 9.51. The summed E-state index contributed by atoms with van der Waals surface area (Å²) < 4.78 is 9.74. The molecule has 0 amide bonds. The largest absolute Gasteiger partial charge is 0.364 e. The number of piperazine rings is 1. The molecule has 1 aliphatic carbocycles. The first-order valence-corrected chi connectivity index (χ1v) is 17.7. The summed E-state index contributed by atoms with van der Waals surface area (Å²) in [5, 5.41) is 5.07. The minimum absolute atomic E-state index is 0.0152. The van der Waals surface area contributed by atoms with Crippen LogP contribution in [0.2, 0.25) is 0 Å². The van der Waals surface area contributed by atoms with Crippen LogP contribution >= 0.6 is 0 Å². The maximum absolute atomic E-state index is 13.2. The van der Waals surface area contributed by atoms with Gasteiger partial charge in [-0.2, -0.15) is 5.10 Å². The minimum Gasteiger partial charge on any atom is -0.364 e. The Hall–Kier alpha value is -2.71. The molecular weight excluding hydrogens is 548 g/mol. The smallest absolute Gasteiger partial charge is 0.252 e. The number of pyridine rings is 2. The van der Waals surface area contributed by atoms with Crippen molar-refractivity contribution in [3.05, 3.63) is 52.2 Å². The number of rotatable bonds is 7. The van der Waals surface area contributed by atoms with E-state index in [1.807, 2.05) is 24.0 Å². The van der Waals surface area contributed by atoms with E-state index >= 15 is 0 Å². The van der Waals surface area contributed by atoms with E-state index < -0.39 is 0 Å². The lowest BCUT2D eigenvalue weighted by atomic mass is 9.92. The van der Waals surface area contributed by atoms with E-state index in [1.54, 1.807) is 4.57 Å². The van der Waals surface area contributed by atoms with Gasteiger partial charge in [-0.05, 0) is 63.5 Å². The van der Waals surface area contributed by atoms with Crippen LogP contribution in [0.5, 0.6) is 0 Å². The molecule has 0 spiro atoms. The van der Waals surface area contributed by atoms with E-state index in [1.165, 1.54) is 62.6 Å². The molecule has 8 heteroatoms. The third-order valence-corrected chi connectivity index (χ3v) is 10.9. The van der Waals surface area contributed by atoms with Crippen molar-refractivity contribution >= 4 is 16.7 Å². The van der Waals surface area contributed by atoms with Crippen LogP contribution in [-0.2, 0) is 11.8 Å². The van der Waals surface area contributed by atoms with E-state index in [0.29, 0.717) is 12.0 Å². The Balaban J connectivity index is 1.23. The SMILES string of the molecule is CC[C@H]1CN(C(C)c2ccc(C3CCCCCCCC3)nc2)[C@H](CC)CN1c1cc(=O)n(C)c2cn(C3CCCCO3)nc12. The molecule has 240 valence electrons. The fraction of sp³-hybridized carbons (Fsp3) is 0.694. The standard InChI is InChI=1S/C36H54N6O2/c1-5-29-24-41(32-21-34(43)39(4)33-25-42(38-36(32)33)35-17-13-14-20-44-35)30(6-2)23-40(29)26(3)28-18-19-31(37-22-28)27-15-11-9-7-8-10-12-16-27/h18-19,21-22,25-27,29-30,35H,5-17,20,23-24H2,1-4H3/t26?,29-,30+,35?/m1/s1. The minimum atomic E-state index is -0.0567. The average molecular weight is 603 g/mol. The Bertz CT molecular complexity index is 1410. The van der Waals surface area contributed by atoms with Crippen molar-refractivity contribution in [1.82, 2.24) is 24.2 Å². The molecule has 2 unspecified atom stereocenters. The van der Waals surface area contributed by atoms with Crippen LogP contribution in [0, 0.1) is 0 Å². The molecule has 8 nitrogen and oxygen atoms in total. The Labute approximate surface area is 263 Å². The summed E-state index contributed by atoms with van der Waals surface area (Å²) in [6, 6.07) is 7.43. The van der Waals surface area contributed by atoms with Gasteiger partial charge in [-0.25, -0.2) is 4.68 Å². The molecule has 5 heterocycles. The molecule has 2 saturated heterocycles. The molecule has 4 atom stereocenters. The molecule has 1 saturated carbocycles. The Kier molecular flexibility index (Phi) is 10.1. The molecule has 6 rings (SSSR count). The molecule has 0 radical (unpaired) electrons. The molecule has 3 aromatic rings. The van der Waals surface area contributed by atoms with Gasteiger partial charge < -0.3 is 14.2 Å². The van der Waals surface area contributed by atoms with E-state index in [-0.39, 0.29) is 23.9 Å². The zero-order valence-corrected chi connectivity index (χ0v) is 27.6. The quantitative estimate of drug-likeness (QED) is 0.279. The molecule has 0 bridgehead atoms. The van der Waals surface area contributed by atoms with Crippen LogP contribution in [0.15, 0.2) is 35.4 Å². The van der Waals surface area contributed by atoms with E-state index in [9.17, 15) is 4.79 Å². The van der Waals surface area contributed by atoms with Crippen molar-refractivity contribution in [3.8, 4) is 0 Å². The molecule has 3 aliphatic rings. The second kappa shape index (κ2) is 14.2. The van der Waals surface area contributed by atoms with Gasteiger partial charge in [0.2, 0.25) is 0 Å². The van der Waals surface area contributed by atoms with Crippen LogP contribution in [0.4, 0.5) is 5.69 Å². The second-order valence-corrected chi connectivity index (χ2v) is 13.7. The highest BCUT2D eigenvalue weighted by Gasteiger charge is 2.36. The lowest BCUT2D eigenvalue weighted by Gasteiger charge is -2.49. The Morgan fingerprint density at radius 3 is 2.32 bits per heavy atom. The van der Waals surface area contributed by atoms with Crippen molar-refractivity contribution in [3.63, 3.8) is 0 Å². The highest BCUT2D eigenvalue weighted by molar-refractivity contribution is 5.88. The summed E-state index contributed by atoms with van der Waals surface area (Å²) in [5.41, 5.74) is 5.37. The first-order chi connectivity index (χ1) is 21.5. The molecular formula is C36H54N6O2. The first kappa shape index (κ1) is 31.3. The maximum atomic E-state index is 13.2. The van der Waals surface area contributed by atoms with Gasteiger partial charge in [0.25, 0.3) is 5.56 Å². The normalized spacial score (nSPS) is 25.5. The highest BCUT2D eigenvalue weighted by Crippen LogP contribution is 2.36. The summed E-state index contributed by atoms with van der Waals surface area (Å²) in [4.78, 5) is 23.5. The zero-order valence-electron chi connectivity index (χ0n) is 27.6. The van der Waals surface area contributed by atoms with Crippen molar-refractivity contribution in [1.29, 1.82) is 0 Å². The fourth-order valence-corrected chi connectivity index (χ4v) is 7.99. The van der Waals surface area contributed by atoms with Gasteiger partial charge in [0.05, 0.1) is 17.4 Å². The number of fused-ring (bicyclic) bond motifs is 1. The highest BCUT2D eigenvalue weighted by atomic mass is 16.5. The average Bonchev–Trinajstić information content (AvgIpc) is 3.57. The number of aryl methyl sites for hydroxylation is 1. The van der Waals surface area contributed by atoms with Crippen molar-refractivity contribution in [2.45, 2.75) is 135 Å². The number of aromatic nitrogens is 4. The van der Waals surface area contributed by atoms with E-state index in [0.717, 1.165) is 68.5 Å². The summed E-state index contributed by atoms with van der Waals surface area (Å²) in [6.07, 6.45) is 20.1. The van der Waals surface area contributed by atoms with Crippen molar-refractivity contribution in [2.24, 2.45) is 7.05 Å². The maximum Gasteiger partial charge on any atom is 0.252 e. The van der Waals surface area contributed by atoms with Crippen LogP contribution in [0.3, 0.4) is 0 Å². The van der Waals surface area contributed by atoms with E-state index in [2.05, 4.69) is 48.9 Å². The summed E-state index contributed by atoms with van der Waals surface area (Å²) >= 11 is 0. The number of hydrogen-bond acceptors (Lipinski definition) is 6. The topological polar surface area (TPSA) is 68.4 Å². The van der Waals surface area contributed by atoms with Gasteiger partial charge in [0, 0.05) is 68.7 Å². The summed E-state index contributed by atoms with van der Waals surface area (Å²) in [7, 11) is 1.85. The molecule has 0 aromatic carbocycles. The second-order valence-electron chi connectivity index (χ2n) is 13.7. The molecule has 44 heavy (non-hydrogen) atoms. The van der Waals surface area contributed by atoms with Gasteiger partial charge in [-0.1, -0.05) is 58.4 Å². The third-order valence-electron chi connectivity index (χ3n) is 10.9. The Morgan fingerprint density at radius 1 is 0.932 bits per heavy atom. The number of hydrogen-bond donors (Lipinski definition) is 0. The number of ether oxygens (including phenoxy) is 1. The Morgan fingerprint density at radius 2 is 1.66 bits per heavy atom. The van der Waals surface area contributed by atoms with Gasteiger partial charge in [0.1, 0.15) is 11.7 Å². The first-order valence-electron chi connectivity index (χ1n) is 17.7. The predicted octanol–water partition coefficient (Wildman–Crippen LogP) is 7.49. The van der Waals surface area contributed by atoms with Crippen LogP contribution in [-0.4, -0.2) is 56.0 Å². The van der Waals surface area contributed by atoms with Gasteiger partial charge in [0.15, 0.2) is 0 Å². The lowest BCUT2D eigenvalue weighted by Crippen LogP contribution is -2.58. The van der Waals surface area contributed by atoms with Crippen LogP contribution in [0.25, 0.3) is 11.0 Å². The fourth-order valence-electron chi connectivity index (χ4n) is 7.99. The number of anilines is 1. The number of nitrogens with zero attached hydrogens (tertiary/aromatic N) is 6. The lowest BCUT2D eigenvalue weighted by molar-refractivity contribution is -0.0390. The molecule has 3 fully saturated rings. The zero-order chi connectivity index (χ0) is 30.6. The predicted molar refractivity (Wildman–Crippen MR) is 178 cm³/mol.